The molecule has 1 amide bonds. The molecule has 4 rings (SSSR count). The Labute approximate surface area is 194 Å². The van der Waals surface area contributed by atoms with Crippen molar-refractivity contribution in [1.29, 1.82) is 0 Å². The van der Waals surface area contributed by atoms with Crippen molar-refractivity contribution in [2.45, 2.75) is 5.16 Å². The lowest BCUT2D eigenvalue weighted by Gasteiger charge is -2.13. The van der Waals surface area contributed by atoms with Gasteiger partial charge in [0.25, 0.3) is 0 Å². The summed E-state index contributed by atoms with van der Waals surface area (Å²) >= 11 is 1.24. The van der Waals surface area contributed by atoms with Crippen LogP contribution in [0.2, 0.25) is 0 Å². The van der Waals surface area contributed by atoms with Crippen molar-refractivity contribution in [3.8, 4) is 28.6 Å². The highest BCUT2D eigenvalue weighted by Gasteiger charge is 2.20. The zero-order chi connectivity index (χ0) is 23.2. The number of nitrogens with one attached hydrogen (secondary N) is 1. The molecule has 0 unspecified atom stereocenters. The van der Waals surface area contributed by atoms with Gasteiger partial charge < -0.3 is 14.8 Å². The summed E-state index contributed by atoms with van der Waals surface area (Å²) in [5.74, 6) is 1.45. The number of ether oxygens (including phenoxy) is 2. The number of thioether (sulfide) groups is 1. The number of carbonyl (C=O) groups excluding carboxylic acids is 1. The number of benzene rings is 3. The van der Waals surface area contributed by atoms with Gasteiger partial charge in [-0.05, 0) is 60.7 Å². The van der Waals surface area contributed by atoms with Gasteiger partial charge in [0.1, 0.15) is 17.3 Å². The molecule has 0 aliphatic rings. The van der Waals surface area contributed by atoms with Crippen LogP contribution in [0.3, 0.4) is 0 Å². The van der Waals surface area contributed by atoms with Crippen molar-refractivity contribution >= 4 is 23.4 Å². The van der Waals surface area contributed by atoms with Gasteiger partial charge in [-0.15, -0.1) is 10.2 Å². The van der Waals surface area contributed by atoms with Gasteiger partial charge in [-0.25, -0.2) is 4.39 Å². The lowest BCUT2D eigenvalue weighted by atomic mass is 10.2. The Bertz CT molecular complexity index is 1240. The molecule has 0 bridgehead atoms. The van der Waals surface area contributed by atoms with Gasteiger partial charge >= 0.3 is 0 Å². The van der Waals surface area contributed by atoms with Crippen LogP contribution < -0.4 is 14.8 Å². The van der Waals surface area contributed by atoms with Crippen molar-refractivity contribution in [2.75, 3.05) is 25.3 Å². The highest BCUT2D eigenvalue weighted by molar-refractivity contribution is 7.99. The van der Waals surface area contributed by atoms with E-state index in [9.17, 15) is 9.18 Å². The Morgan fingerprint density at radius 1 is 0.970 bits per heavy atom. The number of rotatable bonds is 8. The number of nitrogens with zero attached hydrogens (tertiary/aromatic N) is 3. The lowest BCUT2D eigenvalue weighted by molar-refractivity contribution is -0.113. The van der Waals surface area contributed by atoms with Crippen LogP contribution in [0.15, 0.2) is 78.0 Å². The van der Waals surface area contributed by atoms with E-state index in [1.165, 1.54) is 36.0 Å². The molecule has 0 radical (unpaired) electrons. The fraction of sp³-hybridized carbons (Fsp3) is 0.125. The van der Waals surface area contributed by atoms with Crippen molar-refractivity contribution < 1.29 is 18.7 Å². The van der Waals surface area contributed by atoms with Crippen LogP contribution in [0.5, 0.6) is 11.5 Å². The normalized spacial score (nSPS) is 10.6. The molecule has 0 saturated carbocycles. The summed E-state index contributed by atoms with van der Waals surface area (Å²) in [4.78, 5) is 12.5. The molecule has 168 valence electrons. The predicted octanol–water partition coefficient (Wildman–Crippen LogP) is 4.82. The number of hydrogen-bond acceptors (Lipinski definition) is 6. The molecule has 0 atom stereocenters. The number of hydrogen-bond donors (Lipinski definition) is 1. The summed E-state index contributed by atoms with van der Waals surface area (Å²) in [6, 6.07) is 20.6. The maximum Gasteiger partial charge on any atom is 0.234 e. The number of aromatic nitrogens is 3. The quantitative estimate of drug-likeness (QED) is 0.377. The van der Waals surface area contributed by atoms with Crippen molar-refractivity contribution in [3.05, 3.63) is 78.6 Å². The second-order valence-corrected chi connectivity index (χ2v) is 7.83. The molecule has 1 heterocycles. The van der Waals surface area contributed by atoms with E-state index < -0.39 is 0 Å². The molecule has 0 saturated heterocycles. The van der Waals surface area contributed by atoms with E-state index in [2.05, 4.69) is 15.5 Å². The average molecular weight is 465 g/mol. The Morgan fingerprint density at radius 3 is 2.39 bits per heavy atom. The van der Waals surface area contributed by atoms with Gasteiger partial charge in [0.05, 0.1) is 31.2 Å². The molecule has 33 heavy (non-hydrogen) atoms. The van der Waals surface area contributed by atoms with Crippen LogP contribution >= 0.6 is 11.8 Å². The summed E-state index contributed by atoms with van der Waals surface area (Å²) in [7, 11) is 3.21. The minimum atomic E-state index is -0.362. The molecule has 0 fully saturated rings. The largest absolute Gasteiger partial charge is 0.497 e. The first kappa shape index (κ1) is 22.3. The first-order valence-corrected chi connectivity index (χ1v) is 11.0. The standard InChI is InChI=1S/C24H21FN4O3S/c1-31-19-13-11-18(12-14-19)29-23(20-5-3-4-6-21(20)32-2)27-28-24(29)33-15-22(30)26-17-9-7-16(25)8-10-17/h3-14H,15H2,1-2H3,(H,26,30). The second-order valence-electron chi connectivity index (χ2n) is 6.88. The van der Waals surface area contributed by atoms with Crippen LogP contribution in [0, 0.1) is 5.82 Å². The first-order chi connectivity index (χ1) is 16.1. The van der Waals surface area contributed by atoms with Crippen LogP contribution in [0.4, 0.5) is 10.1 Å². The molecule has 0 aliphatic heterocycles. The van der Waals surface area contributed by atoms with E-state index in [0.29, 0.717) is 22.4 Å². The zero-order valence-corrected chi connectivity index (χ0v) is 18.8. The molecule has 4 aromatic rings. The third-order valence-corrected chi connectivity index (χ3v) is 5.70. The zero-order valence-electron chi connectivity index (χ0n) is 18.0. The SMILES string of the molecule is COc1ccc(-n2c(SCC(=O)Nc3ccc(F)cc3)nnc2-c2ccccc2OC)cc1. The highest BCUT2D eigenvalue weighted by Crippen LogP contribution is 2.33. The number of anilines is 1. The van der Waals surface area contributed by atoms with E-state index >= 15 is 0 Å². The third-order valence-electron chi connectivity index (χ3n) is 4.77. The number of amides is 1. The summed E-state index contributed by atoms with van der Waals surface area (Å²) in [5, 5.41) is 12.0. The van der Waals surface area contributed by atoms with E-state index in [-0.39, 0.29) is 17.5 Å². The van der Waals surface area contributed by atoms with E-state index in [1.807, 2.05) is 53.1 Å². The lowest BCUT2D eigenvalue weighted by Crippen LogP contribution is -2.14. The molecule has 1 N–H and O–H groups in total. The highest BCUT2D eigenvalue weighted by atomic mass is 32.2. The van der Waals surface area contributed by atoms with Crippen molar-refractivity contribution in [3.63, 3.8) is 0 Å². The Balaban J connectivity index is 1.63. The number of carbonyl (C=O) groups is 1. The minimum absolute atomic E-state index is 0.0948. The van der Waals surface area contributed by atoms with Gasteiger partial charge in [0.2, 0.25) is 5.91 Å². The van der Waals surface area contributed by atoms with E-state index in [0.717, 1.165) is 17.0 Å². The Kier molecular flexibility index (Phi) is 6.89. The number of para-hydroxylation sites is 1. The topological polar surface area (TPSA) is 78.3 Å². The fourth-order valence-corrected chi connectivity index (χ4v) is 3.94. The maximum absolute atomic E-state index is 13.1. The van der Waals surface area contributed by atoms with Crippen molar-refractivity contribution in [1.82, 2.24) is 14.8 Å². The van der Waals surface area contributed by atoms with Gasteiger partial charge in [0, 0.05) is 5.69 Å². The van der Waals surface area contributed by atoms with Crippen LogP contribution in [-0.2, 0) is 4.79 Å². The monoisotopic (exact) mass is 464 g/mol. The summed E-state index contributed by atoms with van der Waals surface area (Å²) in [5.41, 5.74) is 2.10. The Hall–Kier alpha value is -3.85. The van der Waals surface area contributed by atoms with Crippen LogP contribution in [0.1, 0.15) is 0 Å². The number of halogens is 1. The summed E-state index contributed by atoms with van der Waals surface area (Å²) in [6.07, 6.45) is 0. The smallest absolute Gasteiger partial charge is 0.234 e. The molecule has 7 nitrogen and oxygen atoms in total. The maximum atomic E-state index is 13.1. The van der Waals surface area contributed by atoms with Crippen LogP contribution in [-0.4, -0.2) is 40.6 Å². The molecule has 0 aliphatic carbocycles. The van der Waals surface area contributed by atoms with Crippen molar-refractivity contribution in [2.24, 2.45) is 0 Å². The minimum Gasteiger partial charge on any atom is -0.497 e. The molecular formula is C24H21FN4O3S. The van der Waals surface area contributed by atoms with Gasteiger partial charge in [-0.2, -0.15) is 0 Å². The molecule has 3 aromatic carbocycles. The van der Waals surface area contributed by atoms with E-state index in [4.69, 9.17) is 9.47 Å². The summed E-state index contributed by atoms with van der Waals surface area (Å²) in [6.45, 7) is 0. The average Bonchev–Trinajstić information content (AvgIpc) is 3.28. The van der Waals surface area contributed by atoms with E-state index in [1.54, 1.807) is 14.2 Å². The Morgan fingerprint density at radius 2 is 1.70 bits per heavy atom. The van der Waals surface area contributed by atoms with Gasteiger partial charge in [-0.1, -0.05) is 23.9 Å². The molecule has 9 heteroatoms. The summed E-state index contributed by atoms with van der Waals surface area (Å²) < 4.78 is 25.7. The second kappa shape index (κ2) is 10.2. The predicted molar refractivity (Wildman–Crippen MR) is 126 cm³/mol. The third kappa shape index (κ3) is 5.15. The molecule has 1 aromatic heterocycles. The molecular weight excluding hydrogens is 443 g/mol. The first-order valence-electron chi connectivity index (χ1n) is 10.0. The van der Waals surface area contributed by atoms with Crippen LogP contribution in [0.25, 0.3) is 17.1 Å². The molecule has 0 spiro atoms. The van der Waals surface area contributed by atoms with Gasteiger partial charge in [0.15, 0.2) is 11.0 Å². The number of methoxy groups -OCH3 is 2. The fourth-order valence-electron chi connectivity index (χ4n) is 3.19. The van der Waals surface area contributed by atoms with Gasteiger partial charge in [-0.3, -0.25) is 9.36 Å².